The fraction of sp³-hybridized carbons (Fsp3) is 0.250. The van der Waals surface area contributed by atoms with Crippen molar-refractivity contribution in [2.75, 3.05) is 12.4 Å². The Hall–Kier alpha value is -2.16. The van der Waals surface area contributed by atoms with Crippen LogP contribution in [0, 0.1) is 11.3 Å². The molecule has 2 aromatic rings. The molecular weight excluding hydrogens is 284 g/mol. The highest BCUT2D eigenvalue weighted by Gasteiger charge is 2.21. The standard InChI is InChI=1S/C16H16N2O2S/c1-3-13-9-12(10-17)16(21-13)18-15(19)14(20-2)11-7-5-4-6-8-11/h4-9,14H,3H2,1-2H3,(H,18,19)/t14-/m1/s1. The lowest BCUT2D eigenvalue weighted by Crippen LogP contribution is -2.22. The minimum Gasteiger partial charge on any atom is -0.367 e. The molecule has 1 heterocycles. The minimum atomic E-state index is -0.690. The molecule has 2 rings (SSSR count). The third-order valence-corrected chi connectivity index (χ3v) is 4.26. The summed E-state index contributed by atoms with van der Waals surface area (Å²) in [6.07, 6.45) is 0.145. The van der Waals surface area contributed by atoms with Crippen molar-refractivity contribution in [3.05, 3.63) is 52.4 Å². The van der Waals surface area contributed by atoms with Gasteiger partial charge in [-0.1, -0.05) is 37.3 Å². The van der Waals surface area contributed by atoms with E-state index in [1.165, 1.54) is 18.4 Å². The number of hydrogen-bond acceptors (Lipinski definition) is 4. The molecule has 1 N–H and O–H groups in total. The van der Waals surface area contributed by atoms with E-state index in [1.807, 2.05) is 43.3 Å². The van der Waals surface area contributed by atoms with E-state index in [0.717, 1.165) is 16.9 Å². The molecule has 0 saturated heterocycles. The number of rotatable bonds is 5. The van der Waals surface area contributed by atoms with Gasteiger partial charge in [0.15, 0.2) is 6.10 Å². The maximum atomic E-state index is 12.4. The van der Waals surface area contributed by atoms with Gasteiger partial charge in [0.25, 0.3) is 5.91 Å². The van der Waals surface area contributed by atoms with Gasteiger partial charge in [-0.2, -0.15) is 5.26 Å². The van der Waals surface area contributed by atoms with Gasteiger partial charge >= 0.3 is 0 Å². The Morgan fingerprint density at radius 3 is 2.71 bits per heavy atom. The number of methoxy groups -OCH3 is 1. The molecule has 1 atom stereocenters. The number of ether oxygens (including phenoxy) is 1. The molecule has 21 heavy (non-hydrogen) atoms. The number of anilines is 1. The van der Waals surface area contributed by atoms with Crippen LogP contribution in [0.15, 0.2) is 36.4 Å². The summed E-state index contributed by atoms with van der Waals surface area (Å²) in [5.74, 6) is -0.273. The predicted octanol–water partition coefficient (Wildman–Crippen LogP) is 3.51. The van der Waals surface area contributed by atoms with E-state index in [0.29, 0.717) is 10.6 Å². The van der Waals surface area contributed by atoms with Gasteiger partial charge in [0.2, 0.25) is 0 Å². The van der Waals surface area contributed by atoms with Crippen molar-refractivity contribution in [3.8, 4) is 6.07 Å². The molecule has 1 amide bonds. The van der Waals surface area contributed by atoms with E-state index in [4.69, 9.17) is 10.00 Å². The zero-order valence-electron chi connectivity index (χ0n) is 11.9. The first kappa shape index (κ1) is 15.2. The van der Waals surface area contributed by atoms with Gasteiger partial charge < -0.3 is 10.1 Å². The quantitative estimate of drug-likeness (QED) is 0.919. The summed E-state index contributed by atoms with van der Waals surface area (Å²) < 4.78 is 5.29. The largest absolute Gasteiger partial charge is 0.367 e. The summed E-state index contributed by atoms with van der Waals surface area (Å²) in [4.78, 5) is 13.4. The van der Waals surface area contributed by atoms with Gasteiger partial charge in [-0.25, -0.2) is 0 Å². The van der Waals surface area contributed by atoms with E-state index >= 15 is 0 Å². The van der Waals surface area contributed by atoms with Gasteiger partial charge in [0.1, 0.15) is 11.1 Å². The second-order valence-electron chi connectivity index (χ2n) is 4.44. The van der Waals surface area contributed by atoms with E-state index in [2.05, 4.69) is 11.4 Å². The van der Waals surface area contributed by atoms with Crippen LogP contribution in [-0.4, -0.2) is 13.0 Å². The van der Waals surface area contributed by atoms with Crippen molar-refractivity contribution >= 4 is 22.2 Å². The monoisotopic (exact) mass is 300 g/mol. The van der Waals surface area contributed by atoms with Crippen LogP contribution < -0.4 is 5.32 Å². The lowest BCUT2D eigenvalue weighted by Gasteiger charge is -2.15. The fourth-order valence-electron chi connectivity index (χ4n) is 1.99. The van der Waals surface area contributed by atoms with E-state index in [-0.39, 0.29) is 5.91 Å². The Morgan fingerprint density at radius 1 is 1.43 bits per heavy atom. The second-order valence-corrected chi connectivity index (χ2v) is 5.57. The lowest BCUT2D eigenvalue weighted by molar-refractivity contribution is -0.126. The van der Waals surface area contributed by atoms with Crippen LogP contribution in [0.3, 0.4) is 0 Å². The number of benzene rings is 1. The number of carbonyl (C=O) groups excluding carboxylic acids is 1. The summed E-state index contributed by atoms with van der Waals surface area (Å²) in [6, 6.07) is 13.2. The summed E-state index contributed by atoms with van der Waals surface area (Å²) >= 11 is 1.43. The summed E-state index contributed by atoms with van der Waals surface area (Å²) in [6.45, 7) is 2.01. The molecule has 108 valence electrons. The number of nitrogens with one attached hydrogen (secondary N) is 1. The Balaban J connectivity index is 2.21. The first-order valence-corrected chi connectivity index (χ1v) is 7.42. The zero-order valence-corrected chi connectivity index (χ0v) is 12.7. The van der Waals surface area contributed by atoms with Crippen molar-refractivity contribution in [3.63, 3.8) is 0 Å². The molecule has 0 radical (unpaired) electrons. The SMILES string of the molecule is CCc1cc(C#N)c(NC(=O)[C@H](OC)c2ccccc2)s1. The van der Waals surface area contributed by atoms with Crippen molar-refractivity contribution < 1.29 is 9.53 Å². The zero-order chi connectivity index (χ0) is 15.2. The van der Waals surface area contributed by atoms with E-state index in [1.54, 1.807) is 0 Å². The summed E-state index contributed by atoms with van der Waals surface area (Å²) in [5.41, 5.74) is 1.27. The van der Waals surface area contributed by atoms with Crippen LogP contribution in [0.5, 0.6) is 0 Å². The molecule has 0 aliphatic rings. The molecular formula is C16H16N2O2S. The maximum Gasteiger partial charge on any atom is 0.258 e. The normalized spacial score (nSPS) is 11.7. The average Bonchev–Trinajstić information content (AvgIpc) is 2.91. The summed E-state index contributed by atoms with van der Waals surface area (Å²) in [7, 11) is 1.49. The van der Waals surface area contributed by atoms with Crippen LogP contribution in [0.4, 0.5) is 5.00 Å². The number of hydrogen-bond donors (Lipinski definition) is 1. The molecule has 0 fully saturated rings. The predicted molar refractivity (Wildman–Crippen MR) is 83.2 cm³/mol. The lowest BCUT2D eigenvalue weighted by atomic mass is 10.1. The van der Waals surface area contributed by atoms with Crippen LogP contribution in [0.1, 0.15) is 29.0 Å². The number of thiophene rings is 1. The van der Waals surface area contributed by atoms with Gasteiger partial charge in [0, 0.05) is 12.0 Å². The van der Waals surface area contributed by atoms with Gasteiger partial charge in [-0.15, -0.1) is 11.3 Å². The van der Waals surface area contributed by atoms with E-state index < -0.39 is 6.10 Å². The third-order valence-electron chi connectivity index (χ3n) is 3.06. The molecule has 0 unspecified atom stereocenters. The highest BCUT2D eigenvalue weighted by molar-refractivity contribution is 7.16. The number of nitrogens with zero attached hydrogens (tertiary/aromatic N) is 1. The summed E-state index contributed by atoms with van der Waals surface area (Å²) in [5, 5.41) is 12.5. The molecule has 0 spiro atoms. The molecule has 1 aromatic heterocycles. The van der Waals surface area contributed by atoms with Crippen LogP contribution in [0.2, 0.25) is 0 Å². The molecule has 0 aliphatic carbocycles. The Labute approximate surface area is 128 Å². The minimum absolute atomic E-state index is 0.273. The molecule has 4 nitrogen and oxygen atoms in total. The second kappa shape index (κ2) is 7.02. The number of carbonyl (C=O) groups is 1. The Morgan fingerprint density at radius 2 is 2.14 bits per heavy atom. The molecule has 1 aromatic carbocycles. The first-order valence-electron chi connectivity index (χ1n) is 6.61. The number of aryl methyl sites for hydroxylation is 1. The fourth-order valence-corrected chi connectivity index (χ4v) is 2.94. The topological polar surface area (TPSA) is 62.1 Å². The molecule has 0 bridgehead atoms. The van der Waals surface area contributed by atoms with Gasteiger partial charge in [-0.3, -0.25) is 4.79 Å². The number of amides is 1. The highest BCUT2D eigenvalue weighted by atomic mass is 32.1. The third kappa shape index (κ3) is 3.48. The number of nitriles is 1. The first-order chi connectivity index (χ1) is 10.2. The Bertz CT molecular complexity index is 659. The average molecular weight is 300 g/mol. The van der Waals surface area contributed by atoms with Crippen LogP contribution in [-0.2, 0) is 16.0 Å². The van der Waals surface area contributed by atoms with Gasteiger partial charge in [0.05, 0.1) is 5.56 Å². The van der Waals surface area contributed by atoms with Crippen molar-refractivity contribution in [2.45, 2.75) is 19.4 Å². The molecule has 0 saturated carbocycles. The van der Waals surface area contributed by atoms with Gasteiger partial charge in [-0.05, 0) is 18.1 Å². The van der Waals surface area contributed by atoms with Crippen molar-refractivity contribution in [1.82, 2.24) is 0 Å². The molecule has 5 heteroatoms. The van der Waals surface area contributed by atoms with Crippen LogP contribution in [0.25, 0.3) is 0 Å². The van der Waals surface area contributed by atoms with Crippen molar-refractivity contribution in [1.29, 1.82) is 5.26 Å². The highest BCUT2D eigenvalue weighted by Crippen LogP contribution is 2.29. The maximum absolute atomic E-state index is 12.4. The van der Waals surface area contributed by atoms with Crippen molar-refractivity contribution in [2.24, 2.45) is 0 Å². The van der Waals surface area contributed by atoms with Crippen LogP contribution >= 0.6 is 11.3 Å². The smallest absolute Gasteiger partial charge is 0.258 e. The Kier molecular flexibility index (Phi) is 5.09. The van der Waals surface area contributed by atoms with E-state index in [9.17, 15) is 4.79 Å². The molecule has 0 aliphatic heterocycles.